The molecule has 0 aliphatic heterocycles. The molecule has 2 aliphatic carbocycles. The van der Waals surface area contributed by atoms with Gasteiger partial charge in [0.25, 0.3) is 5.69 Å². The van der Waals surface area contributed by atoms with Gasteiger partial charge in [-0.05, 0) is 71.5 Å². The second-order valence-corrected chi connectivity index (χ2v) is 11.8. The van der Waals surface area contributed by atoms with Crippen molar-refractivity contribution in [1.29, 1.82) is 0 Å². The first-order valence-corrected chi connectivity index (χ1v) is 13.9. The molecule has 4 rings (SSSR count). The topological polar surface area (TPSA) is 176 Å². The highest BCUT2D eigenvalue weighted by molar-refractivity contribution is 14.1. The smallest absolute Gasteiger partial charge is 0.402 e. The predicted molar refractivity (Wildman–Crippen MR) is 138 cm³/mol. The van der Waals surface area contributed by atoms with Gasteiger partial charge in [0.15, 0.2) is 6.61 Å². The number of esters is 3. The van der Waals surface area contributed by atoms with Crippen molar-refractivity contribution in [3.8, 4) is 11.5 Å². The molecule has 0 spiro atoms. The summed E-state index contributed by atoms with van der Waals surface area (Å²) in [5.74, 6) is -3.91. The standard InChI is InChI=1S/C24H18F2INO11S/c25-24(26,40(34,35)36)11-37-21(29)18-10-15(4-6-19(18)28(32)33)38-22(30)16-5-3-14(27)9-20(16)39-23(31)17-8-12-1-2-13(17)7-12/h1-6,9-10,12-13,17H,7-8,11H2,(H,34,35,36). The van der Waals surface area contributed by atoms with E-state index in [1.54, 1.807) is 0 Å². The van der Waals surface area contributed by atoms with Crippen LogP contribution in [0.15, 0.2) is 48.6 Å². The third kappa shape index (κ3) is 6.28. The van der Waals surface area contributed by atoms with Crippen molar-refractivity contribution in [2.75, 3.05) is 6.61 Å². The number of rotatable bonds is 9. The summed E-state index contributed by atoms with van der Waals surface area (Å²) >= 11 is 1.95. The van der Waals surface area contributed by atoms with Crippen molar-refractivity contribution in [3.05, 3.63) is 73.4 Å². The number of nitro groups is 1. The summed E-state index contributed by atoms with van der Waals surface area (Å²) in [7, 11) is -5.94. The minimum atomic E-state index is -5.94. The van der Waals surface area contributed by atoms with E-state index in [1.807, 2.05) is 28.7 Å². The van der Waals surface area contributed by atoms with Gasteiger partial charge in [0, 0.05) is 15.7 Å². The molecular formula is C24H18F2INO11S. The highest BCUT2D eigenvalue weighted by Gasteiger charge is 2.46. The Balaban J connectivity index is 1.54. The lowest BCUT2D eigenvalue weighted by atomic mass is 9.94. The van der Waals surface area contributed by atoms with Crippen LogP contribution in [0.4, 0.5) is 14.5 Å². The number of fused-ring (bicyclic) bond motifs is 2. The number of carbonyl (C=O) groups is 3. The van der Waals surface area contributed by atoms with Gasteiger partial charge >= 0.3 is 33.3 Å². The van der Waals surface area contributed by atoms with Crippen molar-refractivity contribution in [1.82, 2.24) is 0 Å². The van der Waals surface area contributed by atoms with Gasteiger partial charge in [-0.25, -0.2) is 9.59 Å². The van der Waals surface area contributed by atoms with Crippen molar-refractivity contribution in [3.63, 3.8) is 0 Å². The van der Waals surface area contributed by atoms with E-state index in [9.17, 15) is 41.7 Å². The Kier molecular flexibility index (Phi) is 8.23. The molecule has 1 N–H and O–H groups in total. The lowest BCUT2D eigenvalue weighted by Gasteiger charge is -2.18. The fraction of sp³-hybridized carbons (Fsp3) is 0.292. The monoisotopic (exact) mass is 693 g/mol. The fourth-order valence-electron chi connectivity index (χ4n) is 4.35. The Labute approximate surface area is 238 Å². The van der Waals surface area contributed by atoms with Crippen LogP contribution in [0.5, 0.6) is 11.5 Å². The summed E-state index contributed by atoms with van der Waals surface area (Å²) < 4.78 is 72.4. The second-order valence-electron chi connectivity index (χ2n) is 8.96. The summed E-state index contributed by atoms with van der Waals surface area (Å²) in [5, 5.41) is 6.45. The molecule has 1 fully saturated rings. The number of alkyl halides is 2. The fourth-order valence-corrected chi connectivity index (χ4v) is 5.02. The van der Waals surface area contributed by atoms with Crippen molar-refractivity contribution >= 4 is 56.3 Å². The van der Waals surface area contributed by atoms with Gasteiger partial charge in [-0.1, -0.05) is 12.2 Å². The third-order valence-corrected chi connectivity index (χ3v) is 7.84. The van der Waals surface area contributed by atoms with Crippen molar-refractivity contribution in [2.45, 2.75) is 18.1 Å². The molecule has 2 aromatic carbocycles. The van der Waals surface area contributed by atoms with Crippen LogP contribution in [0.25, 0.3) is 0 Å². The zero-order valence-electron chi connectivity index (χ0n) is 20.0. The van der Waals surface area contributed by atoms with E-state index >= 15 is 0 Å². The van der Waals surface area contributed by atoms with E-state index < -0.39 is 61.8 Å². The quantitative estimate of drug-likeness (QED) is 0.0759. The first-order valence-electron chi connectivity index (χ1n) is 11.4. The molecule has 16 heteroatoms. The Bertz CT molecular complexity index is 1540. The van der Waals surface area contributed by atoms with Crippen LogP contribution in [0.1, 0.15) is 33.6 Å². The highest BCUT2D eigenvalue weighted by Crippen LogP contribution is 2.44. The zero-order valence-corrected chi connectivity index (χ0v) is 23.0. The molecule has 0 aromatic heterocycles. The maximum absolute atomic E-state index is 13.4. The third-order valence-electron chi connectivity index (χ3n) is 6.30. The van der Waals surface area contributed by atoms with Gasteiger partial charge in [-0.3, -0.25) is 19.5 Å². The van der Waals surface area contributed by atoms with Gasteiger partial charge in [-0.2, -0.15) is 17.2 Å². The van der Waals surface area contributed by atoms with E-state index in [1.165, 1.54) is 18.2 Å². The minimum Gasteiger partial charge on any atom is -0.454 e. The number of benzene rings is 2. The summed E-state index contributed by atoms with van der Waals surface area (Å²) in [6.07, 6.45) is 5.49. The normalized spacial score (nSPS) is 19.8. The zero-order chi connectivity index (χ0) is 29.4. The molecule has 2 aliphatic rings. The van der Waals surface area contributed by atoms with Gasteiger partial charge < -0.3 is 14.2 Å². The average Bonchev–Trinajstić information content (AvgIpc) is 3.50. The summed E-state index contributed by atoms with van der Waals surface area (Å²) in [6, 6.07) is 6.63. The molecular weight excluding hydrogens is 675 g/mol. The Hall–Kier alpha value is -3.51. The highest BCUT2D eigenvalue weighted by atomic mass is 127. The number of allylic oxidation sites excluding steroid dienone is 2. The minimum absolute atomic E-state index is 0.0476. The molecule has 3 unspecified atom stereocenters. The Morgan fingerprint density at radius 2 is 1.77 bits per heavy atom. The number of halogens is 3. The van der Waals surface area contributed by atoms with Gasteiger partial charge in [0.05, 0.1) is 10.8 Å². The number of carbonyl (C=O) groups excluding carboxylic acids is 3. The van der Waals surface area contributed by atoms with Crippen LogP contribution in [0, 0.1) is 31.4 Å². The number of hydrogen-bond acceptors (Lipinski definition) is 10. The second kappa shape index (κ2) is 11.2. The van der Waals surface area contributed by atoms with Crippen LogP contribution < -0.4 is 9.47 Å². The van der Waals surface area contributed by atoms with E-state index in [0.29, 0.717) is 22.0 Å². The van der Waals surface area contributed by atoms with Crippen LogP contribution >= 0.6 is 22.6 Å². The SMILES string of the molecule is O=C(Oc1ccc([N+](=O)[O-])c(C(=O)OCC(F)(F)S(=O)(=O)O)c1)c1ccc(I)cc1OC(=O)C1CC2C=CC1C2. The molecule has 1 saturated carbocycles. The predicted octanol–water partition coefficient (Wildman–Crippen LogP) is 4.17. The number of nitro benzene ring substituents is 1. The Morgan fingerprint density at radius 3 is 2.38 bits per heavy atom. The van der Waals surface area contributed by atoms with E-state index in [-0.39, 0.29) is 23.1 Å². The largest absolute Gasteiger partial charge is 0.454 e. The maximum Gasteiger partial charge on any atom is 0.402 e. The maximum atomic E-state index is 13.4. The van der Waals surface area contributed by atoms with Crippen molar-refractivity contribution < 1.29 is 55.3 Å². The first-order chi connectivity index (χ1) is 18.7. The molecule has 212 valence electrons. The molecule has 0 saturated heterocycles. The van der Waals surface area contributed by atoms with E-state index in [4.69, 9.17) is 14.0 Å². The summed E-state index contributed by atoms with van der Waals surface area (Å²) in [6.45, 7) is -2.14. The van der Waals surface area contributed by atoms with E-state index in [0.717, 1.165) is 18.6 Å². The molecule has 0 amide bonds. The lowest BCUT2D eigenvalue weighted by molar-refractivity contribution is -0.385. The molecule has 12 nitrogen and oxygen atoms in total. The molecule has 2 bridgehead atoms. The summed E-state index contributed by atoms with van der Waals surface area (Å²) in [5.41, 5.74) is -2.05. The number of nitrogens with zero attached hydrogens (tertiary/aromatic N) is 1. The van der Waals surface area contributed by atoms with Gasteiger partial charge in [0.2, 0.25) is 0 Å². The van der Waals surface area contributed by atoms with Gasteiger partial charge in [0.1, 0.15) is 22.6 Å². The number of ether oxygens (including phenoxy) is 3. The molecule has 3 atom stereocenters. The molecule has 40 heavy (non-hydrogen) atoms. The van der Waals surface area contributed by atoms with Crippen LogP contribution in [-0.2, 0) is 19.6 Å². The first kappa shape index (κ1) is 29.5. The average molecular weight is 693 g/mol. The molecule has 0 radical (unpaired) electrons. The van der Waals surface area contributed by atoms with Gasteiger partial charge in [-0.15, -0.1) is 0 Å². The van der Waals surface area contributed by atoms with Crippen LogP contribution in [0.3, 0.4) is 0 Å². The lowest BCUT2D eigenvalue weighted by Crippen LogP contribution is -2.34. The molecule has 2 aromatic rings. The van der Waals surface area contributed by atoms with E-state index in [2.05, 4.69) is 10.8 Å². The number of hydrogen-bond donors (Lipinski definition) is 1. The van der Waals surface area contributed by atoms with Crippen LogP contribution in [0.2, 0.25) is 0 Å². The van der Waals surface area contributed by atoms with Crippen molar-refractivity contribution in [2.24, 2.45) is 17.8 Å². The Morgan fingerprint density at radius 1 is 1.05 bits per heavy atom. The summed E-state index contributed by atoms with van der Waals surface area (Å²) in [4.78, 5) is 48.4. The molecule has 0 heterocycles. The van der Waals surface area contributed by atoms with Crippen LogP contribution in [-0.4, -0.2) is 47.7 Å².